The van der Waals surface area contributed by atoms with Crippen LogP contribution in [0.2, 0.25) is 0 Å². The zero-order chi connectivity index (χ0) is 8.91. The number of hydrogen-bond acceptors (Lipinski definition) is 2. The summed E-state index contributed by atoms with van der Waals surface area (Å²) in [5.41, 5.74) is -0.426. The molecule has 0 fully saturated rings. The van der Waals surface area contributed by atoms with E-state index in [4.69, 9.17) is 0 Å². The first-order chi connectivity index (χ1) is 5.04. The Hall–Kier alpha value is -0.0800. The van der Waals surface area contributed by atoms with Crippen LogP contribution in [0.25, 0.3) is 0 Å². The quantitative estimate of drug-likeness (QED) is 0.657. The molecule has 0 bridgehead atoms. The predicted octanol–water partition coefficient (Wildman–Crippen LogP) is 1.49. The molecule has 11 heavy (non-hydrogen) atoms. The van der Waals surface area contributed by atoms with Crippen molar-refractivity contribution in [3.63, 3.8) is 0 Å². The van der Waals surface area contributed by atoms with Gasteiger partial charge in [-0.3, -0.25) is 0 Å². The molecule has 0 saturated carbocycles. The molecule has 0 heterocycles. The van der Waals surface area contributed by atoms with Crippen LogP contribution in [-0.2, 0) is 0 Å². The zero-order valence-corrected chi connectivity index (χ0v) is 8.22. The van der Waals surface area contributed by atoms with Crippen LogP contribution in [0.1, 0.15) is 33.1 Å². The molecule has 0 aromatic carbocycles. The molecule has 1 N–H and O–H groups in total. The molecule has 0 spiro atoms. The third kappa shape index (κ3) is 4.38. The predicted molar refractivity (Wildman–Crippen MR) is 48.7 cm³/mol. The molecule has 0 saturated heterocycles. The number of rotatable bonds is 5. The molecular formula is C9H21NO. The number of hydrogen-bond donors (Lipinski definition) is 1. The van der Waals surface area contributed by atoms with Gasteiger partial charge in [-0.2, -0.15) is 0 Å². The molecule has 0 aliphatic heterocycles. The van der Waals surface area contributed by atoms with Gasteiger partial charge in [-0.1, -0.05) is 13.8 Å². The second kappa shape index (κ2) is 4.73. The van der Waals surface area contributed by atoms with E-state index in [-0.39, 0.29) is 0 Å². The van der Waals surface area contributed by atoms with Crippen molar-refractivity contribution in [2.45, 2.75) is 38.7 Å². The summed E-state index contributed by atoms with van der Waals surface area (Å²) in [7, 11) is 4.07. The summed E-state index contributed by atoms with van der Waals surface area (Å²) in [6.07, 6.45) is 2.60. The van der Waals surface area contributed by atoms with Gasteiger partial charge < -0.3 is 10.0 Å². The average molecular weight is 159 g/mol. The zero-order valence-electron chi connectivity index (χ0n) is 8.22. The van der Waals surface area contributed by atoms with E-state index in [0.29, 0.717) is 0 Å². The van der Waals surface area contributed by atoms with Gasteiger partial charge in [-0.05, 0) is 33.4 Å². The Labute approximate surface area is 70.2 Å². The minimum atomic E-state index is -0.426. The Kier molecular flexibility index (Phi) is 4.69. The fourth-order valence-corrected chi connectivity index (χ4v) is 1.04. The smallest absolute Gasteiger partial charge is 0.0654 e. The van der Waals surface area contributed by atoms with Crippen molar-refractivity contribution in [2.75, 3.05) is 20.6 Å². The van der Waals surface area contributed by atoms with Gasteiger partial charge in [-0.25, -0.2) is 0 Å². The molecule has 0 radical (unpaired) electrons. The van der Waals surface area contributed by atoms with Crippen molar-refractivity contribution >= 4 is 0 Å². The third-order valence-corrected chi connectivity index (χ3v) is 2.34. The Morgan fingerprint density at radius 3 is 1.91 bits per heavy atom. The van der Waals surface area contributed by atoms with Crippen molar-refractivity contribution in [1.82, 2.24) is 4.90 Å². The first-order valence-electron chi connectivity index (χ1n) is 4.41. The molecule has 0 amide bonds. The summed E-state index contributed by atoms with van der Waals surface area (Å²) >= 11 is 0. The first-order valence-corrected chi connectivity index (χ1v) is 4.41. The average Bonchev–Trinajstić information content (AvgIpc) is 2.00. The van der Waals surface area contributed by atoms with Gasteiger partial charge in [0.25, 0.3) is 0 Å². The van der Waals surface area contributed by atoms with Crippen LogP contribution in [0.4, 0.5) is 0 Å². The van der Waals surface area contributed by atoms with E-state index in [9.17, 15) is 5.11 Å². The van der Waals surface area contributed by atoms with E-state index in [1.165, 1.54) is 0 Å². The van der Waals surface area contributed by atoms with Gasteiger partial charge in [0.15, 0.2) is 0 Å². The second-order valence-electron chi connectivity index (χ2n) is 3.48. The van der Waals surface area contributed by atoms with Gasteiger partial charge in [0.05, 0.1) is 5.60 Å². The Morgan fingerprint density at radius 2 is 1.64 bits per heavy atom. The lowest BCUT2D eigenvalue weighted by molar-refractivity contribution is 0.0177. The highest BCUT2D eigenvalue weighted by atomic mass is 16.3. The third-order valence-electron chi connectivity index (χ3n) is 2.34. The van der Waals surface area contributed by atoms with E-state index < -0.39 is 5.60 Å². The minimum absolute atomic E-state index is 0.426. The lowest BCUT2D eigenvalue weighted by atomic mass is 9.93. The molecule has 0 atom stereocenters. The number of nitrogens with zero attached hydrogens (tertiary/aromatic N) is 1. The van der Waals surface area contributed by atoms with E-state index in [0.717, 1.165) is 25.8 Å². The topological polar surface area (TPSA) is 23.5 Å². The molecule has 0 aliphatic carbocycles. The van der Waals surface area contributed by atoms with Crippen molar-refractivity contribution in [1.29, 1.82) is 0 Å². The van der Waals surface area contributed by atoms with Crippen LogP contribution in [0.3, 0.4) is 0 Å². The summed E-state index contributed by atoms with van der Waals surface area (Å²) < 4.78 is 0. The molecule has 0 unspecified atom stereocenters. The fourth-order valence-electron chi connectivity index (χ4n) is 1.04. The largest absolute Gasteiger partial charge is 0.390 e. The lowest BCUT2D eigenvalue weighted by Gasteiger charge is -2.26. The Morgan fingerprint density at radius 1 is 1.18 bits per heavy atom. The molecule has 0 aromatic rings. The van der Waals surface area contributed by atoms with Gasteiger partial charge >= 0.3 is 0 Å². The fraction of sp³-hybridized carbons (Fsp3) is 1.00. The standard InChI is InChI=1S/C9H21NO/c1-5-9(11,6-2)7-8-10(3)4/h11H,5-8H2,1-4H3. The monoisotopic (exact) mass is 159 g/mol. The minimum Gasteiger partial charge on any atom is -0.390 e. The first kappa shape index (κ1) is 10.9. The van der Waals surface area contributed by atoms with Gasteiger partial charge in [-0.15, -0.1) is 0 Å². The highest BCUT2D eigenvalue weighted by molar-refractivity contribution is 4.75. The summed E-state index contributed by atoms with van der Waals surface area (Å²) in [5.74, 6) is 0. The molecule has 68 valence electrons. The highest BCUT2D eigenvalue weighted by Gasteiger charge is 2.21. The van der Waals surface area contributed by atoms with E-state index in [1.807, 2.05) is 27.9 Å². The van der Waals surface area contributed by atoms with Crippen molar-refractivity contribution < 1.29 is 5.11 Å². The maximum atomic E-state index is 9.85. The van der Waals surface area contributed by atoms with Crippen molar-refractivity contribution in [3.8, 4) is 0 Å². The summed E-state index contributed by atoms with van der Waals surface area (Å²) in [6.45, 7) is 5.05. The van der Waals surface area contributed by atoms with Crippen molar-refractivity contribution in [2.24, 2.45) is 0 Å². The molecule has 0 rings (SSSR count). The van der Waals surface area contributed by atoms with Gasteiger partial charge in [0.2, 0.25) is 0 Å². The van der Waals surface area contributed by atoms with Crippen LogP contribution in [0.15, 0.2) is 0 Å². The van der Waals surface area contributed by atoms with Gasteiger partial charge in [0.1, 0.15) is 0 Å². The second-order valence-corrected chi connectivity index (χ2v) is 3.48. The molecule has 2 nitrogen and oxygen atoms in total. The van der Waals surface area contributed by atoms with E-state index >= 15 is 0 Å². The van der Waals surface area contributed by atoms with Crippen LogP contribution >= 0.6 is 0 Å². The Bertz CT molecular complexity index is 97.7. The van der Waals surface area contributed by atoms with Crippen LogP contribution in [0.5, 0.6) is 0 Å². The maximum Gasteiger partial charge on any atom is 0.0654 e. The molecule has 0 aliphatic rings. The highest BCUT2D eigenvalue weighted by Crippen LogP contribution is 2.18. The molecule has 2 heteroatoms. The summed E-state index contributed by atoms with van der Waals surface area (Å²) in [4.78, 5) is 2.11. The lowest BCUT2D eigenvalue weighted by Crippen LogP contribution is -2.31. The number of aliphatic hydroxyl groups is 1. The van der Waals surface area contributed by atoms with Crippen LogP contribution in [-0.4, -0.2) is 36.2 Å². The van der Waals surface area contributed by atoms with Crippen LogP contribution in [0, 0.1) is 0 Å². The van der Waals surface area contributed by atoms with Crippen molar-refractivity contribution in [3.05, 3.63) is 0 Å². The normalized spacial score (nSPS) is 12.5. The Balaban J connectivity index is 3.69. The molecule has 0 aromatic heterocycles. The summed E-state index contributed by atoms with van der Waals surface area (Å²) in [5, 5.41) is 9.85. The molecular weight excluding hydrogens is 138 g/mol. The van der Waals surface area contributed by atoms with Gasteiger partial charge in [0, 0.05) is 6.54 Å². The summed E-state index contributed by atoms with van der Waals surface area (Å²) in [6, 6.07) is 0. The van der Waals surface area contributed by atoms with E-state index in [2.05, 4.69) is 4.90 Å². The maximum absolute atomic E-state index is 9.85. The van der Waals surface area contributed by atoms with E-state index in [1.54, 1.807) is 0 Å². The SMILES string of the molecule is CCC(O)(CC)CCN(C)C. The van der Waals surface area contributed by atoms with Crippen LogP contribution < -0.4 is 0 Å².